The number of hydrogen-bond donors (Lipinski definition) is 3. The maximum atomic E-state index is 12.1. The van der Waals surface area contributed by atoms with E-state index in [4.69, 9.17) is 4.74 Å². The van der Waals surface area contributed by atoms with Crippen molar-refractivity contribution in [1.29, 1.82) is 0 Å². The highest BCUT2D eigenvalue weighted by molar-refractivity contribution is 5.85. The van der Waals surface area contributed by atoms with Gasteiger partial charge in [-0.05, 0) is 12.0 Å². The molecule has 0 aliphatic carbocycles. The minimum Gasteiger partial charge on any atom is -0.469 e. The zero-order valence-corrected chi connectivity index (χ0v) is 17.3. The highest BCUT2D eigenvalue weighted by atomic mass is 16.5. The molecule has 0 bridgehead atoms. The Morgan fingerprint density at radius 1 is 1.03 bits per heavy atom. The minimum absolute atomic E-state index is 0.0226. The summed E-state index contributed by atoms with van der Waals surface area (Å²) in [6.07, 6.45) is -2.34. The Hall–Kier alpha value is -3.14. The van der Waals surface area contributed by atoms with Crippen LogP contribution in [-0.2, 0) is 35.2 Å². The van der Waals surface area contributed by atoms with Crippen LogP contribution in [0, 0.1) is 5.92 Å². The Balaban J connectivity index is 2.42. The number of esters is 2. The topological polar surface area (TPSA) is 140 Å². The molecular formula is C20H28N2O8. The van der Waals surface area contributed by atoms with Crippen LogP contribution in [-0.4, -0.2) is 62.0 Å². The standard InChI is InChI=1S/C20H28N2O8/c1-13(18(25)28-2)9-16(19(26)29-3)22-17(24)10-15(23)11-21-20(27)30-12-14-7-5-4-6-8-14/h4-8,13,15-16,23H,9-12H2,1-3H3,(H,21,27)(H,22,24)/t13-,15-,16-/m0/s1. The van der Waals surface area contributed by atoms with E-state index >= 15 is 0 Å². The maximum absolute atomic E-state index is 12.1. The largest absolute Gasteiger partial charge is 0.469 e. The van der Waals surface area contributed by atoms with Crippen molar-refractivity contribution in [2.75, 3.05) is 20.8 Å². The molecule has 10 nitrogen and oxygen atoms in total. The van der Waals surface area contributed by atoms with Gasteiger partial charge in [-0.3, -0.25) is 9.59 Å². The lowest BCUT2D eigenvalue weighted by Gasteiger charge is -2.20. The van der Waals surface area contributed by atoms with Crippen molar-refractivity contribution in [1.82, 2.24) is 10.6 Å². The summed E-state index contributed by atoms with van der Waals surface area (Å²) < 4.78 is 14.2. The Labute approximate surface area is 174 Å². The molecule has 0 saturated carbocycles. The Kier molecular flexibility index (Phi) is 10.9. The molecule has 1 rings (SSSR count). The van der Waals surface area contributed by atoms with Gasteiger partial charge in [-0.1, -0.05) is 37.3 Å². The van der Waals surface area contributed by atoms with Crippen molar-refractivity contribution < 1.29 is 38.5 Å². The number of rotatable bonds is 11. The van der Waals surface area contributed by atoms with Crippen LogP contribution in [0.15, 0.2) is 30.3 Å². The second kappa shape index (κ2) is 13.2. The summed E-state index contributed by atoms with van der Waals surface area (Å²) in [5, 5.41) is 14.7. The molecule has 10 heteroatoms. The SMILES string of the molecule is COC(=O)[C@H](C[C@H](C)C(=O)OC)NC(=O)C[C@H](O)CNC(=O)OCc1ccccc1. The van der Waals surface area contributed by atoms with E-state index in [0.29, 0.717) is 0 Å². The molecule has 0 radical (unpaired) electrons. The van der Waals surface area contributed by atoms with E-state index in [-0.39, 0.29) is 26.0 Å². The molecule has 1 aromatic carbocycles. The minimum atomic E-state index is -1.20. The summed E-state index contributed by atoms with van der Waals surface area (Å²) in [7, 11) is 2.38. The van der Waals surface area contributed by atoms with Gasteiger partial charge < -0.3 is 30.0 Å². The van der Waals surface area contributed by atoms with Crippen molar-refractivity contribution in [2.24, 2.45) is 5.92 Å². The van der Waals surface area contributed by atoms with Crippen molar-refractivity contribution in [3.8, 4) is 0 Å². The summed E-state index contributed by atoms with van der Waals surface area (Å²) in [5.74, 6) is -2.55. The molecule has 166 valence electrons. The summed E-state index contributed by atoms with van der Waals surface area (Å²) in [5.41, 5.74) is 0.808. The number of hydrogen-bond acceptors (Lipinski definition) is 8. The smallest absolute Gasteiger partial charge is 0.407 e. The van der Waals surface area contributed by atoms with E-state index in [1.807, 2.05) is 18.2 Å². The number of benzene rings is 1. The lowest BCUT2D eigenvalue weighted by Crippen LogP contribution is -2.45. The first-order valence-corrected chi connectivity index (χ1v) is 9.34. The van der Waals surface area contributed by atoms with Gasteiger partial charge in [0.25, 0.3) is 0 Å². The highest BCUT2D eigenvalue weighted by Gasteiger charge is 2.27. The Morgan fingerprint density at radius 2 is 1.67 bits per heavy atom. The van der Waals surface area contributed by atoms with Crippen LogP contribution in [0.4, 0.5) is 4.79 Å². The third-order valence-electron chi connectivity index (χ3n) is 4.13. The zero-order chi connectivity index (χ0) is 22.5. The summed E-state index contributed by atoms with van der Waals surface area (Å²) in [6, 6.07) is 7.98. The van der Waals surface area contributed by atoms with Gasteiger partial charge in [0, 0.05) is 6.54 Å². The second-order valence-corrected chi connectivity index (χ2v) is 6.60. The molecular weight excluding hydrogens is 396 g/mol. The average molecular weight is 424 g/mol. The normalized spacial score (nSPS) is 13.3. The lowest BCUT2D eigenvalue weighted by molar-refractivity contribution is -0.149. The van der Waals surface area contributed by atoms with E-state index in [9.17, 15) is 24.3 Å². The van der Waals surface area contributed by atoms with Crippen LogP contribution in [0.2, 0.25) is 0 Å². The number of ether oxygens (including phenoxy) is 3. The molecule has 30 heavy (non-hydrogen) atoms. The number of carbonyl (C=O) groups is 4. The van der Waals surface area contributed by atoms with E-state index < -0.39 is 42.0 Å². The fraction of sp³-hybridized carbons (Fsp3) is 0.500. The molecule has 3 N–H and O–H groups in total. The fourth-order valence-electron chi connectivity index (χ4n) is 2.52. The fourth-order valence-corrected chi connectivity index (χ4v) is 2.52. The molecule has 0 spiro atoms. The van der Waals surface area contributed by atoms with Crippen molar-refractivity contribution in [3.63, 3.8) is 0 Å². The molecule has 0 aromatic heterocycles. The van der Waals surface area contributed by atoms with Gasteiger partial charge in [0.05, 0.1) is 32.7 Å². The van der Waals surface area contributed by atoms with E-state index in [2.05, 4.69) is 20.1 Å². The number of amides is 2. The molecule has 2 amide bonds. The molecule has 0 saturated heterocycles. The number of aliphatic hydroxyl groups is 1. The van der Waals surface area contributed by atoms with Crippen molar-refractivity contribution in [3.05, 3.63) is 35.9 Å². The molecule has 0 unspecified atom stereocenters. The first kappa shape index (κ1) is 24.9. The van der Waals surface area contributed by atoms with Crippen LogP contribution in [0.25, 0.3) is 0 Å². The zero-order valence-electron chi connectivity index (χ0n) is 17.3. The van der Waals surface area contributed by atoms with E-state index in [1.54, 1.807) is 19.1 Å². The van der Waals surface area contributed by atoms with Crippen LogP contribution in [0.3, 0.4) is 0 Å². The second-order valence-electron chi connectivity index (χ2n) is 6.60. The maximum Gasteiger partial charge on any atom is 0.407 e. The van der Waals surface area contributed by atoms with Gasteiger partial charge >= 0.3 is 18.0 Å². The van der Waals surface area contributed by atoms with Gasteiger partial charge in [-0.2, -0.15) is 0 Å². The van der Waals surface area contributed by atoms with Crippen LogP contribution in [0.1, 0.15) is 25.3 Å². The number of methoxy groups -OCH3 is 2. The first-order chi connectivity index (χ1) is 14.3. The van der Waals surface area contributed by atoms with Crippen molar-refractivity contribution in [2.45, 2.75) is 38.5 Å². The number of alkyl carbamates (subject to hydrolysis) is 1. The summed E-state index contributed by atoms with van der Waals surface area (Å²) >= 11 is 0. The van der Waals surface area contributed by atoms with Crippen molar-refractivity contribution >= 4 is 23.9 Å². The van der Waals surface area contributed by atoms with Gasteiger partial charge in [0.15, 0.2) is 0 Å². The Morgan fingerprint density at radius 3 is 2.27 bits per heavy atom. The number of nitrogens with one attached hydrogen (secondary N) is 2. The van der Waals surface area contributed by atoms with Crippen LogP contribution >= 0.6 is 0 Å². The molecule has 0 aliphatic rings. The molecule has 0 heterocycles. The van der Waals surface area contributed by atoms with E-state index in [1.165, 1.54) is 7.11 Å². The van der Waals surface area contributed by atoms with Gasteiger partial charge in [-0.15, -0.1) is 0 Å². The monoisotopic (exact) mass is 424 g/mol. The number of carbonyl (C=O) groups excluding carboxylic acids is 4. The molecule has 0 fully saturated rings. The van der Waals surface area contributed by atoms with E-state index in [0.717, 1.165) is 12.7 Å². The Bertz CT molecular complexity index is 710. The van der Waals surface area contributed by atoms with Gasteiger partial charge in [0.1, 0.15) is 12.6 Å². The van der Waals surface area contributed by atoms with Gasteiger partial charge in [-0.25, -0.2) is 9.59 Å². The van der Waals surface area contributed by atoms with Crippen LogP contribution < -0.4 is 10.6 Å². The highest BCUT2D eigenvalue weighted by Crippen LogP contribution is 2.10. The lowest BCUT2D eigenvalue weighted by atomic mass is 10.0. The predicted octanol–water partition coefficient (Wildman–Crippen LogP) is 0.521. The first-order valence-electron chi connectivity index (χ1n) is 9.34. The number of aliphatic hydroxyl groups excluding tert-OH is 1. The third-order valence-corrected chi connectivity index (χ3v) is 4.13. The average Bonchev–Trinajstić information content (AvgIpc) is 2.75. The predicted molar refractivity (Wildman–Crippen MR) is 105 cm³/mol. The molecule has 0 aliphatic heterocycles. The molecule has 3 atom stereocenters. The van der Waals surface area contributed by atoms with Gasteiger partial charge in [0.2, 0.25) is 5.91 Å². The summed E-state index contributed by atoms with van der Waals surface area (Å²) in [4.78, 5) is 47.2. The third kappa shape index (κ3) is 9.37. The van der Waals surface area contributed by atoms with Crippen LogP contribution in [0.5, 0.6) is 0 Å². The molecule has 1 aromatic rings. The summed E-state index contributed by atoms with van der Waals surface area (Å²) in [6.45, 7) is 1.40. The quantitative estimate of drug-likeness (QED) is 0.345.